The van der Waals surface area contributed by atoms with Crippen LogP contribution in [0.2, 0.25) is 0 Å². The summed E-state index contributed by atoms with van der Waals surface area (Å²) >= 11 is 0. The van der Waals surface area contributed by atoms with Crippen molar-refractivity contribution in [3.8, 4) is 11.5 Å². The smallest absolute Gasteiger partial charge is 0.320 e. The van der Waals surface area contributed by atoms with Gasteiger partial charge >= 0.3 is 6.55 Å². The van der Waals surface area contributed by atoms with Crippen LogP contribution in [-0.2, 0) is 6.54 Å². The molecule has 0 spiro atoms. The molecule has 148 valence electrons. The van der Waals surface area contributed by atoms with Gasteiger partial charge in [-0.25, -0.2) is 4.98 Å². The van der Waals surface area contributed by atoms with Crippen LogP contribution >= 0.6 is 0 Å². The number of hydrogen-bond acceptors (Lipinski definition) is 4. The number of benzene rings is 2. The fourth-order valence-electron chi connectivity index (χ4n) is 4.07. The number of ether oxygens (including phenoxy) is 2. The molecule has 1 atom stereocenters. The van der Waals surface area contributed by atoms with E-state index >= 15 is 0 Å². The van der Waals surface area contributed by atoms with Crippen LogP contribution in [0.1, 0.15) is 36.8 Å². The van der Waals surface area contributed by atoms with Crippen molar-refractivity contribution in [2.45, 2.75) is 32.0 Å². The third kappa shape index (κ3) is 3.30. The van der Waals surface area contributed by atoms with Crippen molar-refractivity contribution < 1.29 is 18.3 Å². The number of imidazole rings is 1. The molecule has 4 rings (SSSR count). The maximum Gasteiger partial charge on any atom is 0.320 e. The number of methoxy groups -OCH3 is 2. The summed E-state index contributed by atoms with van der Waals surface area (Å²) in [6, 6.07) is 12.9. The minimum Gasteiger partial charge on any atom is -0.497 e. The number of rotatable bonds is 6. The summed E-state index contributed by atoms with van der Waals surface area (Å²) in [6.45, 7) is -1.44. The Kier molecular flexibility index (Phi) is 5.17. The highest BCUT2D eigenvalue weighted by Gasteiger charge is 2.30. The first-order chi connectivity index (χ1) is 13.6. The second-order valence-electron chi connectivity index (χ2n) is 6.90. The number of nitrogens with zero attached hydrogens (tertiary/aromatic N) is 3. The number of para-hydroxylation sites is 2. The molecular weight excluding hydrogens is 364 g/mol. The van der Waals surface area contributed by atoms with Crippen LogP contribution in [0.3, 0.4) is 0 Å². The highest BCUT2D eigenvalue weighted by Crippen LogP contribution is 2.39. The van der Waals surface area contributed by atoms with Gasteiger partial charge in [-0.05, 0) is 37.6 Å². The van der Waals surface area contributed by atoms with Crippen molar-refractivity contribution in [1.82, 2.24) is 14.5 Å². The fourth-order valence-corrected chi connectivity index (χ4v) is 4.07. The second kappa shape index (κ2) is 7.75. The molecule has 5 nitrogen and oxygen atoms in total. The van der Waals surface area contributed by atoms with Gasteiger partial charge in [0, 0.05) is 17.7 Å². The number of likely N-dealkylation sites (tertiary alicyclic amines) is 1. The summed E-state index contributed by atoms with van der Waals surface area (Å²) in [4.78, 5) is 6.68. The van der Waals surface area contributed by atoms with Gasteiger partial charge in [-0.15, -0.1) is 0 Å². The Morgan fingerprint density at radius 2 is 1.96 bits per heavy atom. The lowest BCUT2D eigenvalue weighted by Gasteiger charge is -2.26. The van der Waals surface area contributed by atoms with Gasteiger partial charge in [0.2, 0.25) is 0 Å². The highest BCUT2D eigenvalue weighted by molar-refractivity contribution is 5.76. The van der Waals surface area contributed by atoms with Crippen LogP contribution in [0, 0.1) is 0 Å². The zero-order chi connectivity index (χ0) is 19.7. The lowest BCUT2D eigenvalue weighted by atomic mass is 10.0. The maximum atomic E-state index is 13.8. The van der Waals surface area contributed by atoms with Crippen LogP contribution in [-0.4, -0.2) is 35.2 Å². The third-order valence-corrected chi connectivity index (χ3v) is 5.37. The van der Waals surface area contributed by atoms with E-state index in [1.54, 1.807) is 32.4 Å². The average molecular weight is 387 g/mol. The van der Waals surface area contributed by atoms with Crippen LogP contribution < -0.4 is 9.47 Å². The first-order valence-electron chi connectivity index (χ1n) is 9.32. The van der Waals surface area contributed by atoms with Gasteiger partial charge in [0.05, 0.1) is 31.8 Å². The standard InChI is InChI=1S/C21H23F2N3O2/c1-27-14-9-10-15(19(12-14)28-2)17-8-5-11-25(17)13-20-24-16-6-3-4-7-18(16)26(20)21(22)23/h3-4,6-7,9-10,12,17,21H,5,8,11,13H2,1-2H3/t17-/m1/s1. The van der Waals surface area contributed by atoms with E-state index in [2.05, 4.69) is 9.88 Å². The third-order valence-electron chi connectivity index (χ3n) is 5.37. The zero-order valence-electron chi connectivity index (χ0n) is 15.9. The molecule has 1 fully saturated rings. The zero-order valence-corrected chi connectivity index (χ0v) is 15.9. The van der Waals surface area contributed by atoms with Gasteiger partial charge in [0.25, 0.3) is 0 Å². The highest BCUT2D eigenvalue weighted by atomic mass is 19.3. The minimum atomic E-state index is -2.63. The molecule has 0 N–H and O–H groups in total. The Hall–Kier alpha value is -2.67. The van der Waals surface area contributed by atoms with Crippen LogP contribution in [0.25, 0.3) is 11.0 Å². The summed E-state index contributed by atoms with van der Waals surface area (Å²) in [7, 11) is 3.25. The predicted octanol–water partition coefficient (Wildman–Crippen LogP) is 4.79. The van der Waals surface area contributed by atoms with Gasteiger partial charge in [0.1, 0.15) is 17.3 Å². The van der Waals surface area contributed by atoms with Gasteiger partial charge in [0.15, 0.2) is 0 Å². The van der Waals surface area contributed by atoms with E-state index in [4.69, 9.17) is 9.47 Å². The Morgan fingerprint density at radius 3 is 2.71 bits per heavy atom. The Bertz CT molecular complexity index is 973. The molecule has 0 saturated carbocycles. The van der Waals surface area contributed by atoms with Gasteiger partial charge in [-0.3, -0.25) is 9.47 Å². The Morgan fingerprint density at radius 1 is 1.14 bits per heavy atom. The molecule has 0 aliphatic carbocycles. The summed E-state index contributed by atoms with van der Waals surface area (Å²) in [5.74, 6) is 1.86. The van der Waals surface area contributed by atoms with E-state index in [-0.39, 0.29) is 6.04 Å². The van der Waals surface area contributed by atoms with E-state index in [0.717, 1.165) is 41.0 Å². The van der Waals surface area contributed by atoms with Crippen molar-refractivity contribution in [3.63, 3.8) is 0 Å². The van der Waals surface area contributed by atoms with Gasteiger partial charge < -0.3 is 9.47 Å². The molecule has 1 aliphatic rings. The maximum absolute atomic E-state index is 13.8. The number of fused-ring (bicyclic) bond motifs is 1. The summed E-state index contributed by atoms with van der Waals surface area (Å²) in [5, 5.41) is 0. The lowest BCUT2D eigenvalue weighted by molar-refractivity contribution is 0.0678. The molecule has 2 heterocycles. The van der Waals surface area contributed by atoms with Gasteiger partial charge in [-0.1, -0.05) is 18.2 Å². The molecule has 1 aliphatic heterocycles. The Labute approximate surface area is 162 Å². The monoisotopic (exact) mass is 387 g/mol. The molecule has 0 unspecified atom stereocenters. The van der Waals surface area contributed by atoms with Crippen molar-refractivity contribution in [1.29, 1.82) is 0 Å². The quantitative estimate of drug-likeness (QED) is 0.610. The number of halogens is 2. The molecule has 0 amide bonds. The van der Waals surface area contributed by atoms with Crippen LogP contribution in [0.5, 0.6) is 11.5 Å². The minimum absolute atomic E-state index is 0.0896. The van der Waals surface area contributed by atoms with E-state index in [0.29, 0.717) is 23.4 Å². The normalized spacial score (nSPS) is 17.5. The predicted molar refractivity (Wildman–Crippen MR) is 103 cm³/mol. The number of aromatic nitrogens is 2. The molecule has 0 bridgehead atoms. The number of alkyl halides is 2. The SMILES string of the molecule is COc1ccc([C@H]2CCCN2Cc2nc3ccccc3n2C(F)F)c(OC)c1. The molecular formula is C21H23F2N3O2. The van der Waals surface area contributed by atoms with Crippen LogP contribution in [0.4, 0.5) is 8.78 Å². The van der Waals surface area contributed by atoms with Gasteiger partial charge in [-0.2, -0.15) is 8.78 Å². The molecule has 28 heavy (non-hydrogen) atoms. The molecule has 1 saturated heterocycles. The second-order valence-corrected chi connectivity index (χ2v) is 6.90. The van der Waals surface area contributed by atoms with E-state index in [9.17, 15) is 8.78 Å². The van der Waals surface area contributed by atoms with Crippen LogP contribution in [0.15, 0.2) is 42.5 Å². The molecule has 1 aromatic heterocycles. The van der Waals surface area contributed by atoms with E-state index < -0.39 is 6.55 Å². The van der Waals surface area contributed by atoms with E-state index in [1.807, 2.05) is 24.3 Å². The van der Waals surface area contributed by atoms with Crippen molar-refractivity contribution in [2.75, 3.05) is 20.8 Å². The number of hydrogen-bond donors (Lipinski definition) is 0. The summed E-state index contributed by atoms with van der Waals surface area (Å²) < 4.78 is 39.4. The molecule has 7 heteroatoms. The fraction of sp³-hybridized carbons (Fsp3) is 0.381. The Balaban J connectivity index is 1.67. The summed E-state index contributed by atoms with van der Waals surface area (Å²) in [5.41, 5.74) is 2.10. The first-order valence-corrected chi connectivity index (χ1v) is 9.32. The first kappa shape index (κ1) is 18.7. The molecule has 0 radical (unpaired) electrons. The lowest BCUT2D eigenvalue weighted by Crippen LogP contribution is -2.25. The van der Waals surface area contributed by atoms with Crippen molar-refractivity contribution in [2.24, 2.45) is 0 Å². The summed E-state index contributed by atoms with van der Waals surface area (Å²) in [6.07, 6.45) is 1.94. The van der Waals surface area contributed by atoms with Crippen molar-refractivity contribution >= 4 is 11.0 Å². The molecule has 3 aromatic rings. The molecule has 2 aromatic carbocycles. The van der Waals surface area contributed by atoms with Crippen molar-refractivity contribution in [3.05, 3.63) is 53.9 Å². The average Bonchev–Trinajstić information content (AvgIpc) is 3.31. The largest absolute Gasteiger partial charge is 0.497 e. The van der Waals surface area contributed by atoms with E-state index in [1.165, 1.54) is 0 Å². The topological polar surface area (TPSA) is 39.5 Å².